The molecule has 0 aliphatic rings. The summed E-state index contributed by atoms with van der Waals surface area (Å²) in [5.74, 6) is 0.971. The number of halogens is 1. The first-order valence-electron chi connectivity index (χ1n) is 5.64. The second-order valence-electron chi connectivity index (χ2n) is 4.02. The number of aliphatic hydroxyl groups is 1. The Morgan fingerprint density at radius 1 is 1.24 bits per heavy atom. The SMILES string of the molecule is COc1c(C)cc(CNCCCO)cc1C.Cl. The fourth-order valence-corrected chi connectivity index (χ4v) is 1.90. The van der Waals surface area contributed by atoms with Crippen molar-refractivity contribution in [2.24, 2.45) is 0 Å². The lowest BCUT2D eigenvalue weighted by atomic mass is 10.1. The van der Waals surface area contributed by atoms with Crippen molar-refractivity contribution in [2.75, 3.05) is 20.3 Å². The van der Waals surface area contributed by atoms with Crippen LogP contribution in [0.1, 0.15) is 23.1 Å². The molecular formula is C13H22ClNO2. The molecule has 0 atom stereocenters. The Balaban J connectivity index is 0.00000256. The topological polar surface area (TPSA) is 41.5 Å². The molecule has 0 aliphatic carbocycles. The van der Waals surface area contributed by atoms with E-state index in [2.05, 4.69) is 31.3 Å². The molecule has 17 heavy (non-hydrogen) atoms. The molecule has 0 aromatic heterocycles. The molecule has 0 amide bonds. The zero-order valence-electron chi connectivity index (χ0n) is 10.7. The van der Waals surface area contributed by atoms with E-state index in [0.717, 1.165) is 25.3 Å². The molecule has 0 spiro atoms. The van der Waals surface area contributed by atoms with Gasteiger partial charge in [-0.2, -0.15) is 0 Å². The molecule has 0 radical (unpaired) electrons. The molecule has 0 bridgehead atoms. The summed E-state index contributed by atoms with van der Waals surface area (Å²) in [6, 6.07) is 4.27. The van der Waals surface area contributed by atoms with E-state index < -0.39 is 0 Å². The van der Waals surface area contributed by atoms with E-state index in [-0.39, 0.29) is 19.0 Å². The predicted molar refractivity (Wildman–Crippen MR) is 73.1 cm³/mol. The van der Waals surface area contributed by atoms with Crippen LogP contribution in [0.25, 0.3) is 0 Å². The molecular weight excluding hydrogens is 238 g/mol. The van der Waals surface area contributed by atoms with Gasteiger partial charge in [0.15, 0.2) is 0 Å². The molecule has 0 unspecified atom stereocenters. The van der Waals surface area contributed by atoms with Gasteiger partial charge in [0.2, 0.25) is 0 Å². The van der Waals surface area contributed by atoms with Crippen LogP contribution in [0.15, 0.2) is 12.1 Å². The summed E-state index contributed by atoms with van der Waals surface area (Å²) in [6.45, 7) is 6.05. The Morgan fingerprint density at radius 3 is 2.29 bits per heavy atom. The van der Waals surface area contributed by atoms with Crippen LogP contribution in [0, 0.1) is 13.8 Å². The van der Waals surface area contributed by atoms with Crippen LogP contribution in [0.3, 0.4) is 0 Å². The zero-order valence-corrected chi connectivity index (χ0v) is 11.6. The molecule has 4 heteroatoms. The number of hydrogen-bond acceptors (Lipinski definition) is 3. The maximum Gasteiger partial charge on any atom is 0.124 e. The number of methoxy groups -OCH3 is 1. The highest BCUT2D eigenvalue weighted by Crippen LogP contribution is 2.24. The monoisotopic (exact) mass is 259 g/mol. The minimum Gasteiger partial charge on any atom is -0.496 e. The van der Waals surface area contributed by atoms with Crippen molar-refractivity contribution < 1.29 is 9.84 Å². The molecule has 98 valence electrons. The van der Waals surface area contributed by atoms with Crippen LogP contribution < -0.4 is 10.1 Å². The summed E-state index contributed by atoms with van der Waals surface area (Å²) >= 11 is 0. The standard InChI is InChI=1S/C13H21NO2.ClH/c1-10-7-12(9-14-5-4-6-15)8-11(2)13(10)16-3;/h7-8,14-15H,4-6,9H2,1-3H3;1H. The number of benzene rings is 1. The minimum atomic E-state index is 0. The molecule has 0 saturated heterocycles. The van der Waals surface area contributed by atoms with Crippen LogP contribution in [0.2, 0.25) is 0 Å². The average molecular weight is 260 g/mol. The van der Waals surface area contributed by atoms with Gasteiger partial charge >= 0.3 is 0 Å². The summed E-state index contributed by atoms with van der Waals surface area (Å²) in [4.78, 5) is 0. The smallest absolute Gasteiger partial charge is 0.124 e. The van der Waals surface area contributed by atoms with Gasteiger partial charge < -0.3 is 15.2 Å². The van der Waals surface area contributed by atoms with Gasteiger partial charge in [0.1, 0.15) is 5.75 Å². The third kappa shape index (κ3) is 4.94. The van der Waals surface area contributed by atoms with E-state index in [4.69, 9.17) is 9.84 Å². The van der Waals surface area contributed by atoms with Gasteiger partial charge in [0, 0.05) is 13.2 Å². The molecule has 0 aliphatic heterocycles. The average Bonchev–Trinajstić information content (AvgIpc) is 2.24. The lowest BCUT2D eigenvalue weighted by Gasteiger charge is -2.11. The molecule has 2 N–H and O–H groups in total. The fourth-order valence-electron chi connectivity index (χ4n) is 1.90. The number of nitrogens with one attached hydrogen (secondary N) is 1. The molecule has 1 aromatic carbocycles. The van der Waals surface area contributed by atoms with E-state index in [0.29, 0.717) is 0 Å². The molecule has 0 heterocycles. The molecule has 0 saturated carbocycles. The molecule has 1 aromatic rings. The van der Waals surface area contributed by atoms with Crippen molar-refractivity contribution in [3.05, 3.63) is 28.8 Å². The Labute approximate surface area is 110 Å². The van der Waals surface area contributed by atoms with Crippen LogP contribution in [-0.2, 0) is 6.54 Å². The largest absolute Gasteiger partial charge is 0.496 e. The molecule has 0 fully saturated rings. The van der Waals surface area contributed by atoms with E-state index in [1.54, 1.807) is 7.11 Å². The third-order valence-corrected chi connectivity index (χ3v) is 2.57. The van der Waals surface area contributed by atoms with E-state index in [1.165, 1.54) is 16.7 Å². The van der Waals surface area contributed by atoms with E-state index >= 15 is 0 Å². The van der Waals surface area contributed by atoms with Gasteiger partial charge in [0.25, 0.3) is 0 Å². The fraction of sp³-hybridized carbons (Fsp3) is 0.538. The first-order chi connectivity index (χ1) is 7.69. The van der Waals surface area contributed by atoms with Crippen LogP contribution in [-0.4, -0.2) is 25.4 Å². The first kappa shape index (κ1) is 16.2. The summed E-state index contributed by atoms with van der Waals surface area (Å²) < 4.78 is 5.32. The lowest BCUT2D eigenvalue weighted by molar-refractivity contribution is 0.286. The van der Waals surface area contributed by atoms with Gasteiger partial charge in [0.05, 0.1) is 7.11 Å². The van der Waals surface area contributed by atoms with Crippen molar-refractivity contribution in [1.82, 2.24) is 5.32 Å². The van der Waals surface area contributed by atoms with Crippen molar-refractivity contribution in [2.45, 2.75) is 26.8 Å². The Bertz CT molecular complexity index is 319. The highest BCUT2D eigenvalue weighted by Gasteiger charge is 2.04. The van der Waals surface area contributed by atoms with Crippen molar-refractivity contribution >= 4 is 12.4 Å². The van der Waals surface area contributed by atoms with Crippen molar-refractivity contribution in [3.8, 4) is 5.75 Å². The highest BCUT2D eigenvalue weighted by molar-refractivity contribution is 5.85. The summed E-state index contributed by atoms with van der Waals surface area (Å²) in [7, 11) is 1.70. The van der Waals surface area contributed by atoms with Crippen molar-refractivity contribution in [1.29, 1.82) is 0 Å². The second-order valence-corrected chi connectivity index (χ2v) is 4.02. The quantitative estimate of drug-likeness (QED) is 0.770. The second kappa shape index (κ2) is 8.34. The van der Waals surface area contributed by atoms with E-state index in [9.17, 15) is 0 Å². The number of ether oxygens (including phenoxy) is 1. The Kier molecular flexibility index (Phi) is 7.96. The van der Waals surface area contributed by atoms with Gasteiger partial charge in [-0.25, -0.2) is 0 Å². The first-order valence-corrected chi connectivity index (χ1v) is 5.64. The lowest BCUT2D eigenvalue weighted by Crippen LogP contribution is -2.15. The van der Waals surface area contributed by atoms with Gasteiger partial charge in [-0.3, -0.25) is 0 Å². The molecule has 3 nitrogen and oxygen atoms in total. The number of aryl methyl sites for hydroxylation is 2. The Morgan fingerprint density at radius 2 is 1.82 bits per heavy atom. The molecule has 1 rings (SSSR count). The minimum absolute atomic E-state index is 0. The van der Waals surface area contributed by atoms with Crippen molar-refractivity contribution in [3.63, 3.8) is 0 Å². The maximum atomic E-state index is 8.66. The van der Waals surface area contributed by atoms with Crippen LogP contribution in [0.5, 0.6) is 5.75 Å². The number of hydrogen-bond donors (Lipinski definition) is 2. The normalized spacial score (nSPS) is 9.88. The highest BCUT2D eigenvalue weighted by atomic mass is 35.5. The summed E-state index contributed by atoms with van der Waals surface area (Å²) in [6.07, 6.45) is 0.800. The summed E-state index contributed by atoms with van der Waals surface area (Å²) in [5.41, 5.74) is 3.59. The predicted octanol–water partition coefficient (Wildman–Crippen LogP) is 2.21. The number of aliphatic hydroxyl groups excluding tert-OH is 1. The maximum absolute atomic E-state index is 8.66. The third-order valence-electron chi connectivity index (χ3n) is 2.57. The van der Waals surface area contributed by atoms with E-state index in [1.807, 2.05) is 0 Å². The summed E-state index contributed by atoms with van der Waals surface area (Å²) in [5, 5.41) is 12.0. The van der Waals surface area contributed by atoms with Crippen LogP contribution in [0.4, 0.5) is 0 Å². The Hall–Kier alpha value is -0.770. The number of rotatable bonds is 6. The van der Waals surface area contributed by atoms with Gasteiger partial charge in [-0.05, 0) is 43.5 Å². The van der Waals surface area contributed by atoms with Gasteiger partial charge in [-0.15, -0.1) is 12.4 Å². The van der Waals surface area contributed by atoms with Crippen LogP contribution >= 0.6 is 12.4 Å². The van der Waals surface area contributed by atoms with Gasteiger partial charge in [-0.1, -0.05) is 12.1 Å². The zero-order chi connectivity index (χ0) is 12.0.